The molecule has 0 heterocycles. The zero-order chi connectivity index (χ0) is 8.53. The zero-order valence-electron chi connectivity index (χ0n) is 8.03. The topological polar surface area (TPSA) is 0 Å². The van der Waals surface area contributed by atoms with Crippen molar-refractivity contribution in [2.24, 2.45) is 0 Å². The first kappa shape index (κ1) is 10.7. The Kier molecular flexibility index (Phi) is 7.66. The van der Waals surface area contributed by atoms with Gasteiger partial charge in [0, 0.05) is 0 Å². The molecule has 0 bridgehead atoms. The van der Waals surface area contributed by atoms with Crippen LogP contribution in [0.3, 0.4) is 0 Å². The Bertz CT molecular complexity index is 101. The van der Waals surface area contributed by atoms with Gasteiger partial charge in [0.25, 0.3) is 0 Å². The molecule has 1 radical (unpaired) electrons. The predicted octanol–water partition coefficient (Wildman–Crippen LogP) is 4.13. The molecule has 0 rings (SSSR count). The molecule has 0 aliphatic heterocycles. The fourth-order valence-electron chi connectivity index (χ4n) is 1.17. The van der Waals surface area contributed by atoms with Gasteiger partial charge in [0.1, 0.15) is 0 Å². The monoisotopic (exact) mass is 153 g/mol. The molecule has 0 spiro atoms. The second-order valence-electron chi connectivity index (χ2n) is 3.08. The van der Waals surface area contributed by atoms with Gasteiger partial charge in [-0.15, -0.1) is 0 Å². The number of hydrogen-bond acceptors (Lipinski definition) is 0. The molecule has 0 saturated carbocycles. The molecule has 0 atom stereocenters. The number of allylic oxidation sites excluding steroid dienone is 2. The van der Waals surface area contributed by atoms with Crippen LogP contribution in [0.2, 0.25) is 0 Å². The van der Waals surface area contributed by atoms with Crippen LogP contribution < -0.4 is 0 Å². The highest BCUT2D eigenvalue weighted by Crippen LogP contribution is 2.09. The molecule has 0 nitrogen and oxygen atoms in total. The highest BCUT2D eigenvalue weighted by Gasteiger charge is 1.89. The lowest BCUT2D eigenvalue weighted by Crippen LogP contribution is -1.79. The molecule has 0 heteroatoms. The molecule has 11 heavy (non-hydrogen) atoms. The molecule has 0 unspecified atom stereocenters. The summed E-state index contributed by atoms with van der Waals surface area (Å²) in [4.78, 5) is 0. The second kappa shape index (κ2) is 7.84. The summed E-state index contributed by atoms with van der Waals surface area (Å²) in [5, 5.41) is 0. The van der Waals surface area contributed by atoms with Crippen LogP contribution in [0, 0.1) is 6.92 Å². The Balaban J connectivity index is 3.17. The molecular formula is C11H21. The third kappa shape index (κ3) is 7.64. The van der Waals surface area contributed by atoms with Gasteiger partial charge in [-0.1, -0.05) is 44.8 Å². The van der Waals surface area contributed by atoms with Crippen LogP contribution in [0.5, 0.6) is 0 Å². The molecule has 0 amide bonds. The van der Waals surface area contributed by atoms with Gasteiger partial charge >= 0.3 is 0 Å². The van der Waals surface area contributed by atoms with E-state index in [1.165, 1.54) is 37.7 Å². The lowest BCUT2D eigenvalue weighted by Gasteiger charge is -1.99. The van der Waals surface area contributed by atoms with E-state index in [-0.39, 0.29) is 0 Å². The molecule has 0 aromatic carbocycles. The van der Waals surface area contributed by atoms with Gasteiger partial charge in [0.15, 0.2) is 0 Å². The third-order valence-corrected chi connectivity index (χ3v) is 1.84. The first-order chi connectivity index (χ1) is 5.31. The lowest BCUT2D eigenvalue weighted by molar-refractivity contribution is 0.667. The molecule has 65 valence electrons. The standard InChI is InChI=1S/C11H21/c1-4-6-7-8-10-11(3)9-5-2/h9H,3-8,10H2,1-2H3/b11-9+. The summed E-state index contributed by atoms with van der Waals surface area (Å²) in [5.74, 6) is 0. The minimum absolute atomic E-state index is 1.13. The molecule has 0 aliphatic rings. The minimum atomic E-state index is 1.13. The van der Waals surface area contributed by atoms with Crippen LogP contribution in [0.1, 0.15) is 52.4 Å². The molecule has 0 fully saturated rings. The summed E-state index contributed by atoms with van der Waals surface area (Å²) in [6.45, 7) is 8.39. The van der Waals surface area contributed by atoms with Gasteiger partial charge in [0.2, 0.25) is 0 Å². The number of unbranched alkanes of at least 4 members (excludes halogenated alkanes) is 3. The van der Waals surface area contributed by atoms with Crippen molar-refractivity contribution in [2.45, 2.75) is 52.4 Å². The van der Waals surface area contributed by atoms with Crippen LogP contribution in [-0.4, -0.2) is 0 Å². The highest BCUT2D eigenvalue weighted by atomic mass is 14.0. The van der Waals surface area contributed by atoms with E-state index >= 15 is 0 Å². The normalized spacial score (nSPS) is 12.1. The SMILES string of the molecule is [CH2]/C(=C\CC)CCCCCC. The van der Waals surface area contributed by atoms with Crippen molar-refractivity contribution < 1.29 is 0 Å². The average Bonchev–Trinajstić information content (AvgIpc) is 1.99. The third-order valence-electron chi connectivity index (χ3n) is 1.84. The van der Waals surface area contributed by atoms with Crippen LogP contribution in [-0.2, 0) is 0 Å². The summed E-state index contributed by atoms with van der Waals surface area (Å²) < 4.78 is 0. The summed E-state index contributed by atoms with van der Waals surface area (Å²) >= 11 is 0. The largest absolute Gasteiger partial charge is 0.0856 e. The summed E-state index contributed by atoms with van der Waals surface area (Å²) in [7, 11) is 0. The average molecular weight is 153 g/mol. The van der Waals surface area contributed by atoms with Crippen LogP contribution in [0.15, 0.2) is 11.6 Å². The Labute approximate surface area is 71.7 Å². The summed E-state index contributed by atoms with van der Waals surface area (Å²) in [6, 6.07) is 0. The van der Waals surface area contributed by atoms with Gasteiger partial charge in [-0.2, -0.15) is 0 Å². The van der Waals surface area contributed by atoms with Crippen molar-refractivity contribution in [3.8, 4) is 0 Å². The fraction of sp³-hybridized carbons (Fsp3) is 0.727. The Morgan fingerprint density at radius 3 is 2.45 bits per heavy atom. The molecule has 0 aliphatic carbocycles. The van der Waals surface area contributed by atoms with Crippen LogP contribution in [0.4, 0.5) is 0 Å². The second-order valence-corrected chi connectivity index (χ2v) is 3.08. The zero-order valence-corrected chi connectivity index (χ0v) is 8.03. The van der Waals surface area contributed by atoms with Gasteiger partial charge in [-0.25, -0.2) is 0 Å². The van der Waals surface area contributed by atoms with E-state index < -0.39 is 0 Å². The van der Waals surface area contributed by atoms with Crippen molar-refractivity contribution in [1.29, 1.82) is 0 Å². The van der Waals surface area contributed by atoms with Gasteiger partial charge in [-0.05, 0) is 26.2 Å². The van der Waals surface area contributed by atoms with E-state index in [1.54, 1.807) is 0 Å². The van der Waals surface area contributed by atoms with Crippen LogP contribution in [0.25, 0.3) is 0 Å². The Hall–Kier alpha value is -0.260. The maximum Gasteiger partial charge on any atom is -0.0283 e. The van der Waals surface area contributed by atoms with E-state index in [2.05, 4.69) is 26.8 Å². The maximum atomic E-state index is 3.99. The Morgan fingerprint density at radius 2 is 1.91 bits per heavy atom. The van der Waals surface area contributed by atoms with Crippen LogP contribution >= 0.6 is 0 Å². The Morgan fingerprint density at radius 1 is 1.18 bits per heavy atom. The van der Waals surface area contributed by atoms with Crippen molar-refractivity contribution in [2.75, 3.05) is 0 Å². The minimum Gasteiger partial charge on any atom is -0.0856 e. The number of hydrogen-bond donors (Lipinski definition) is 0. The van der Waals surface area contributed by atoms with Gasteiger partial charge in [-0.3, -0.25) is 0 Å². The molecule has 0 aromatic heterocycles. The quantitative estimate of drug-likeness (QED) is 0.503. The molecular weight excluding hydrogens is 132 g/mol. The molecule has 0 saturated heterocycles. The summed E-state index contributed by atoms with van der Waals surface area (Å²) in [6.07, 6.45) is 9.95. The number of rotatable bonds is 6. The van der Waals surface area contributed by atoms with Gasteiger partial charge in [0.05, 0.1) is 0 Å². The van der Waals surface area contributed by atoms with E-state index in [0.29, 0.717) is 0 Å². The van der Waals surface area contributed by atoms with Crippen molar-refractivity contribution in [3.63, 3.8) is 0 Å². The van der Waals surface area contributed by atoms with E-state index in [1.807, 2.05) is 0 Å². The molecule has 0 N–H and O–H groups in total. The predicted molar refractivity (Wildman–Crippen MR) is 52.5 cm³/mol. The van der Waals surface area contributed by atoms with E-state index in [4.69, 9.17) is 0 Å². The fourth-order valence-corrected chi connectivity index (χ4v) is 1.17. The first-order valence-corrected chi connectivity index (χ1v) is 4.82. The highest BCUT2D eigenvalue weighted by molar-refractivity contribution is 5.04. The lowest BCUT2D eigenvalue weighted by atomic mass is 10.1. The van der Waals surface area contributed by atoms with Gasteiger partial charge < -0.3 is 0 Å². The maximum absolute atomic E-state index is 3.99. The van der Waals surface area contributed by atoms with Crippen molar-refractivity contribution in [3.05, 3.63) is 18.6 Å². The van der Waals surface area contributed by atoms with Crippen molar-refractivity contribution in [1.82, 2.24) is 0 Å². The van der Waals surface area contributed by atoms with E-state index in [9.17, 15) is 0 Å². The first-order valence-electron chi connectivity index (χ1n) is 4.82. The van der Waals surface area contributed by atoms with Crippen molar-refractivity contribution >= 4 is 0 Å². The summed E-state index contributed by atoms with van der Waals surface area (Å²) in [5.41, 5.74) is 1.32. The smallest absolute Gasteiger partial charge is 0.0283 e. The molecule has 0 aromatic rings. The van der Waals surface area contributed by atoms with E-state index in [0.717, 1.165) is 6.42 Å².